The van der Waals surface area contributed by atoms with Crippen LogP contribution < -0.4 is 0 Å². The van der Waals surface area contributed by atoms with Gasteiger partial charge in [-0.3, -0.25) is 0 Å². The average Bonchev–Trinajstić information content (AvgIpc) is 3.40. The Morgan fingerprint density at radius 3 is 2.09 bits per heavy atom. The van der Waals surface area contributed by atoms with Crippen LogP contribution in [0.15, 0.2) is 152 Å². The maximum absolute atomic E-state index is 5.17. The highest BCUT2D eigenvalue weighted by atomic mass is 15.0. The van der Waals surface area contributed by atoms with Crippen LogP contribution in [-0.4, -0.2) is 14.5 Å². The summed E-state index contributed by atoms with van der Waals surface area (Å²) in [4.78, 5) is 10.2. The predicted octanol–water partition coefficient (Wildman–Crippen LogP) is 11.2. The molecular weight excluding hydrogens is 558 g/mol. The molecule has 216 valence electrons. The second-order valence-corrected chi connectivity index (χ2v) is 11.7. The molecule has 0 saturated heterocycles. The summed E-state index contributed by atoms with van der Waals surface area (Å²) < 4.78 is 2.41. The van der Waals surface area contributed by atoms with Crippen molar-refractivity contribution < 1.29 is 0 Å². The average molecular weight is 588 g/mol. The molecule has 0 amide bonds. The van der Waals surface area contributed by atoms with Crippen LogP contribution >= 0.6 is 0 Å². The monoisotopic (exact) mass is 587 g/mol. The molecule has 0 bridgehead atoms. The third-order valence-electron chi connectivity index (χ3n) is 9.26. The van der Waals surface area contributed by atoms with Gasteiger partial charge in [-0.2, -0.15) is 0 Å². The Hall–Kier alpha value is -6.06. The van der Waals surface area contributed by atoms with E-state index in [1.165, 1.54) is 54.9 Å². The lowest BCUT2D eigenvalue weighted by Crippen LogP contribution is -1.99. The van der Waals surface area contributed by atoms with Crippen LogP contribution in [0.25, 0.3) is 83.0 Å². The smallest absolute Gasteiger partial charge is 0.160 e. The van der Waals surface area contributed by atoms with E-state index in [-0.39, 0.29) is 0 Å². The summed E-state index contributed by atoms with van der Waals surface area (Å²) in [5, 5.41) is 6.10. The zero-order valence-electron chi connectivity index (χ0n) is 25.4. The van der Waals surface area contributed by atoms with E-state index < -0.39 is 0 Å². The van der Waals surface area contributed by atoms with Crippen LogP contribution in [0.4, 0.5) is 0 Å². The molecule has 0 fully saturated rings. The third kappa shape index (κ3) is 3.79. The zero-order chi connectivity index (χ0) is 30.8. The predicted molar refractivity (Wildman–Crippen MR) is 194 cm³/mol. The maximum atomic E-state index is 5.17. The van der Waals surface area contributed by atoms with Crippen molar-refractivity contribution in [3.63, 3.8) is 0 Å². The van der Waals surface area contributed by atoms with Gasteiger partial charge in [0, 0.05) is 33.0 Å². The molecule has 0 N–H and O–H groups in total. The fourth-order valence-corrected chi connectivity index (χ4v) is 7.34. The van der Waals surface area contributed by atoms with Gasteiger partial charge in [-0.15, -0.1) is 0 Å². The molecular formula is C43H29N3. The van der Waals surface area contributed by atoms with E-state index in [0.717, 1.165) is 39.2 Å². The Morgan fingerprint density at radius 1 is 0.609 bits per heavy atom. The maximum Gasteiger partial charge on any atom is 0.160 e. The third-order valence-corrected chi connectivity index (χ3v) is 9.26. The highest BCUT2D eigenvalue weighted by molar-refractivity contribution is 6.31. The van der Waals surface area contributed by atoms with Crippen molar-refractivity contribution in [1.82, 2.24) is 14.5 Å². The molecule has 0 aliphatic heterocycles. The van der Waals surface area contributed by atoms with Crippen molar-refractivity contribution in [2.75, 3.05) is 0 Å². The number of nitrogens with zero attached hydrogens (tertiary/aromatic N) is 3. The van der Waals surface area contributed by atoms with E-state index in [1.54, 1.807) is 0 Å². The summed E-state index contributed by atoms with van der Waals surface area (Å²) in [5.74, 6) is 0.726. The van der Waals surface area contributed by atoms with Crippen molar-refractivity contribution in [3.05, 3.63) is 163 Å². The molecule has 9 rings (SSSR count). The molecule has 0 saturated carbocycles. The summed E-state index contributed by atoms with van der Waals surface area (Å²) in [6, 6.07) is 45.1. The second kappa shape index (κ2) is 10.3. The van der Waals surface area contributed by atoms with E-state index >= 15 is 0 Å². The lowest BCUT2D eigenvalue weighted by molar-refractivity contribution is 1.18. The molecule has 0 spiro atoms. The largest absolute Gasteiger partial charge is 0.309 e. The summed E-state index contributed by atoms with van der Waals surface area (Å²) in [6.45, 7) is 6.22. The summed E-state index contributed by atoms with van der Waals surface area (Å²) >= 11 is 0. The van der Waals surface area contributed by atoms with E-state index in [9.17, 15) is 0 Å². The molecule has 0 unspecified atom stereocenters. The number of aromatic nitrogens is 3. The molecule has 46 heavy (non-hydrogen) atoms. The van der Waals surface area contributed by atoms with Gasteiger partial charge in [0.25, 0.3) is 0 Å². The summed E-state index contributed by atoms with van der Waals surface area (Å²) in [5.41, 5.74) is 12.2. The molecule has 8 aromatic rings. The van der Waals surface area contributed by atoms with Gasteiger partial charge in [-0.25, -0.2) is 9.97 Å². The number of allylic oxidation sites excluding steroid dienone is 5. The minimum absolute atomic E-state index is 0.726. The topological polar surface area (TPSA) is 30.7 Å². The molecule has 1 aliphatic rings. The zero-order valence-corrected chi connectivity index (χ0v) is 25.4. The first-order valence-corrected chi connectivity index (χ1v) is 15.7. The van der Waals surface area contributed by atoms with Gasteiger partial charge in [0.2, 0.25) is 0 Å². The van der Waals surface area contributed by atoms with Gasteiger partial charge in [-0.05, 0) is 70.3 Å². The van der Waals surface area contributed by atoms with Crippen molar-refractivity contribution in [2.45, 2.75) is 6.92 Å². The Morgan fingerprint density at radius 2 is 1.33 bits per heavy atom. The first-order chi connectivity index (χ1) is 22.7. The first kappa shape index (κ1) is 26.4. The molecule has 0 atom stereocenters. The minimum Gasteiger partial charge on any atom is -0.309 e. The number of hydrogen-bond donors (Lipinski definition) is 0. The number of rotatable bonds is 4. The van der Waals surface area contributed by atoms with Crippen LogP contribution in [-0.2, 0) is 0 Å². The Labute approximate surface area is 267 Å². The molecule has 0 radical (unpaired) electrons. The molecule has 1 aliphatic carbocycles. The van der Waals surface area contributed by atoms with Crippen LogP contribution in [0.2, 0.25) is 0 Å². The summed E-state index contributed by atoms with van der Waals surface area (Å²) in [7, 11) is 0. The van der Waals surface area contributed by atoms with Crippen LogP contribution in [0.3, 0.4) is 0 Å². The van der Waals surface area contributed by atoms with E-state index in [2.05, 4.69) is 133 Å². The second-order valence-electron chi connectivity index (χ2n) is 11.7. The van der Waals surface area contributed by atoms with Crippen molar-refractivity contribution in [2.24, 2.45) is 0 Å². The number of hydrogen-bond acceptors (Lipinski definition) is 2. The van der Waals surface area contributed by atoms with Gasteiger partial charge in [-0.1, -0.05) is 122 Å². The van der Waals surface area contributed by atoms with Gasteiger partial charge in [0.05, 0.1) is 22.2 Å². The molecule has 3 heteroatoms. The Kier molecular flexibility index (Phi) is 5.87. The van der Waals surface area contributed by atoms with Gasteiger partial charge in [0.15, 0.2) is 5.82 Å². The van der Waals surface area contributed by atoms with Crippen LogP contribution in [0, 0.1) is 0 Å². The van der Waals surface area contributed by atoms with Gasteiger partial charge >= 0.3 is 0 Å². The first-order valence-electron chi connectivity index (χ1n) is 15.7. The van der Waals surface area contributed by atoms with E-state index in [1.807, 2.05) is 30.3 Å². The van der Waals surface area contributed by atoms with Crippen molar-refractivity contribution in [1.29, 1.82) is 0 Å². The van der Waals surface area contributed by atoms with Crippen molar-refractivity contribution in [3.8, 4) is 28.3 Å². The summed E-state index contributed by atoms with van der Waals surface area (Å²) in [6.07, 6.45) is 6.29. The highest BCUT2D eigenvalue weighted by Gasteiger charge is 2.26. The van der Waals surface area contributed by atoms with Gasteiger partial charge < -0.3 is 4.57 Å². The Balaban J connectivity index is 1.40. The van der Waals surface area contributed by atoms with Crippen LogP contribution in [0.1, 0.15) is 18.1 Å². The van der Waals surface area contributed by atoms with Gasteiger partial charge in [0.1, 0.15) is 0 Å². The normalized spacial score (nSPS) is 14.4. The van der Waals surface area contributed by atoms with Crippen molar-refractivity contribution >= 4 is 54.6 Å². The highest BCUT2D eigenvalue weighted by Crippen LogP contribution is 2.48. The van der Waals surface area contributed by atoms with E-state index in [0.29, 0.717) is 0 Å². The van der Waals surface area contributed by atoms with Crippen LogP contribution in [0.5, 0.6) is 0 Å². The fraction of sp³-hybridized carbons (Fsp3) is 0.0233. The lowest BCUT2D eigenvalue weighted by atomic mass is 9.91. The van der Waals surface area contributed by atoms with E-state index in [4.69, 9.17) is 9.97 Å². The molecule has 2 heterocycles. The minimum atomic E-state index is 0.726. The number of fused-ring (bicyclic) bond motifs is 1. The molecule has 2 aromatic heterocycles. The fourth-order valence-electron chi connectivity index (χ4n) is 7.34. The lowest BCUT2D eigenvalue weighted by Gasteiger charge is -2.16. The standard InChI is InChI=1S/C43H29N3/c1-3-13-32-31(4-2)33-19-11-18-27-22-25-38-41(39(27)33)40-34(32)20-12-21-37(40)46(38)30-23-24-36-35(26-30)42(28-14-7-5-8-15-28)45-43(44-36)29-16-9-6-10-17-29/h3-26H,1H2,2H3/b31-4+,32-13+. The number of benzene rings is 6. The molecule has 6 aromatic carbocycles. The SMILES string of the molecule is C=C/C=C1\C(=C/C)c2cccc3ccc4c(c23)c2c1cccc2n4-c1ccc2nc(-c3ccccc3)nc(-c3ccccc3)c2c1. The quantitative estimate of drug-likeness (QED) is 0.205. The Bertz CT molecular complexity index is 2590. The molecule has 3 nitrogen and oxygen atoms in total.